The second-order valence-electron chi connectivity index (χ2n) is 7.24. The van der Waals surface area contributed by atoms with Crippen molar-refractivity contribution in [2.24, 2.45) is 0 Å². The number of hydrogen-bond donors (Lipinski definition) is 0. The van der Waals surface area contributed by atoms with Gasteiger partial charge in [-0.05, 0) is 0 Å². The van der Waals surface area contributed by atoms with Gasteiger partial charge in [0, 0.05) is 16.1 Å². The number of rotatable bonds is 3. The molecule has 0 fully saturated rings. The van der Waals surface area contributed by atoms with E-state index in [0.29, 0.717) is 0 Å². The van der Waals surface area contributed by atoms with Crippen LogP contribution in [0.3, 0.4) is 0 Å². The molecular formula is C12H27AlSi2. The summed E-state index contributed by atoms with van der Waals surface area (Å²) >= 11 is -0.528. The first-order valence-corrected chi connectivity index (χ1v) is 15.7. The van der Waals surface area contributed by atoms with Crippen LogP contribution in [0.25, 0.3) is 0 Å². The summed E-state index contributed by atoms with van der Waals surface area (Å²) in [6, 6.07) is 0. The van der Waals surface area contributed by atoms with Crippen LogP contribution in [0, 0.1) is 0 Å². The fraction of sp³-hybridized carbons (Fsp3) is 0.833. The Labute approximate surface area is 103 Å². The van der Waals surface area contributed by atoms with Crippen LogP contribution >= 0.6 is 0 Å². The molecule has 1 rings (SSSR count). The smallest absolute Gasteiger partial charge is 0.102 e. The molecule has 0 aliphatic carbocycles. The maximum Gasteiger partial charge on any atom is 0.272 e. The van der Waals surface area contributed by atoms with Crippen LogP contribution in [0.1, 0.15) is 6.92 Å². The zero-order chi connectivity index (χ0) is 11.9. The van der Waals surface area contributed by atoms with E-state index in [1.54, 1.807) is 0 Å². The summed E-state index contributed by atoms with van der Waals surface area (Å²) in [7, 11) is -1.86. The average Bonchev–Trinajstić information content (AvgIpc) is 2.43. The van der Waals surface area contributed by atoms with Crippen molar-refractivity contribution in [3.63, 3.8) is 0 Å². The van der Waals surface area contributed by atoms with Gasteiger partial charge in [0.1, 0.15) is 0 Å². The molecule has 0 bridgehead atoms. The predicted molar refractivity (Wildman–Crippen MR) is 79.6 cm³/mol. The third-order valence-electron chi connectivity index (χ3n) is 3.92. The molecule has 2 unspecified atom stereocenters. The fourth-order valence-electron chi connectivity index (χ4n) is 3.12. The Morgan fingerprint density at radius 3 is 1.40 bits per heavy atom. The van der Waals surface area contributed by atoms with E-state index in [9.17, 15) is 0 Å². The van der Waals surface area contributed by atoms with Gasteiger partial charge in [-0.3, -0.25) is 0 Å². The van der Waals surface area contributed by atoms with Crippen LogP contribution in [0.4, 0.5) is 0 Å². The Balaban J connectivity index is 2.89. The minimum absolute atomic E-state index is 0.528. The molecule has 0 saturated carbocycles. The first-order valence-electron chi connectivity index (χ1n) is 6.36. The first-order chi connectivity index (χ1) is 6.68. The third-order valence-corrected chi connectivity index (χ3v) is 20.1. The zero-order valence-electron chi connectivity index (χ0n) is 11.6. The van der Waals surface area contributed by atoms with Gasteiger partial charge in [0.25, 0.3) is 14.1 Å². The van der Waals surface area contributed by atoms with Gasteiger partial charge in [-0.2, -0.15) is 0 Å². The molecule has 0 nitrogen and oxygen atoms in total. The SMILES string of the molecule is C[CH2][Al]1[CH]([Si](C)(C)C)C=C[CH]1[Si](C)(C)C. The van der Waals surface area contributed by atoms with Gasteiger partial charge in [0.05, 0.1) is 0 Å². The Bertz CT molecular complexity index is 223. The van der Waals surface area contributed by atoms with Crippen molar-refractivity contribution in [2.45, 2.75) is 60.3 Å². The van der Waals surface area contributed by atoms with Crippen molar-refractivity contribution < 1.29 is 0 Å². The Hall–Kier alpha value is 0.706. The van der Waals surface area contributed by atoms with Crippen LogP contribution in [0.5, 0.6) is 0 Å². The van der Waals surface area contributed by atoms with Crippen molar-refractivity contribution in [2.75, 3.05) is 0 Å². The largest absolute Gasteiger partial charge is 0.272 e. The second-order valence-corrected chi connectivity index (χ2v) is 23.0. The van der Waals surface area contributed by atoms with E-state index in [1.165, 1.54) is 5.28 Å². The van der Waals surface area contributed by atoms with E-state index < -0.39 is 30.3 Å². The lowest BCUT2D eigenvalue weighted by atomic mass is 10.6. The van der Waals surface area contributed by atoms with Crippen molar-refractivity contribution in [3.8, 4) is 0 Å². The van der Waals surface area contributed by atoms with Gasteiger partial charge in [-0.1, -0.05) is 60.3 Å². The summed E-state index contributed by atoms with van der Waals surface area (Å²) in [6.45, 7) is 17.8. The molecule has 0 saturated heterocycles. The maximum atomic E-state index is 2.63. The molecule has 15 heavy (non-hydrogen) atoms. The van der Waals surface area contributed by atoms with Crippen molar-refractivity contribution >= 4 is 30.3 Å². The van der Waals surface area contributed by atoms with Gasteiger partial charge in [0.15, 0.2) is 0 Å². The van der Waals surface area contributed by atoms with E-state index in [1.807, 2.05) is 0 Å². The summed E-state index contributed by atoms with van der Waals surface area (Å²) in [4.78, 5) is 0. The van der Waals surface area contributed by atoms with E-state index in [2.05, 4.69) is 58.4 Å². The van der Waals surface area contributed by atoms with E-state index in [0.717, 1.165) is 8.81 Å². The molecule has 0 N–H and O–H groups in total. The highest BCUT2D eigenvalue weighted by molar-refractivity contribution is 6.99. The van der Waals surface area contributed by atoms with E-state index in [4.69, 9.17) is 0 Å². The molecule has 1 aliphatic heterocycles. The molecule has 3 heteroatoms. The van der Waals surface area contributed by atoms with Gasteiger partial charge >= 0.3 is 0 Å². The molecule has 0 amide bonds. The lowest BCUT2D eigenvalue weighted by Gasteiger charge is -2.33. The second kappa shape index (κ2) is 4.53. The van der Waals surface area contributed by atoms with Crippen LogP contribution in [0.2, 0.25) is 53.4 Å². The highest BCUT2D eigenvalue weighted by atomic mass is 28.3. The Morgan fingerprint density at radius 2 is 1.20 bits per heavy atom. The van der Waals surface area contributed by atoms with Gasteiger partial charge in [-0.15, -0.1) is 12.2 Å². The van der Waals surface area contributed by atoms with Crippen molar-refractivity contribution in [1.82, 2.24) is 0 Å². The summed E-state index contributed by atoms with van der Waals surface area (Å²) in [5, 5.41) is 1.51. The monoisotopic (exact) mass is 254 g/mol. The Kier molecular flexibility index (Phi) is 4.15. The van der Waals surface area contributed by atoms with Gasteiger partial charge in [-0.25, -0.2) is 0 Å². The lowest BCUT2D eigenvalue weighted by molar-refractivity contribution is 1.26. The van der Waals surface area contributed by atoms with Gasteiger partial charge < -0.3 is 0 Å². The highest BCUT2D eigenvalue weighted by Crippen LogP contribution is 2.44. The van der Waals surface area contributed by atoms with Crippen molar-refractivity contribution in [1.29, 1.82) is 0 Å². The molecular weight excluding hydrogens is 227 g/mol. The maximum absolute atomic E-state index is 2.63. The average molecular weight is 255 g/mol. The quantitative estimate of drug-likeness (QED) is 0.511. The summed E-state index contributed by atoms with van der Waals surface area (Å²) in [5.74, 6) is 0. The molecule has 0 aromatic rings. The topological polar surface area (TPSA) is 0 Å². The fourth-order valence-corrected chi connectivity index (χ4v) is 20.3. The van der Waals surface area contributed by atoms with Crippen LogP contribution in [-0.4, -0.2) is 30.3 Å². The minimum Gasteiger partial charge on any atom is -0.102 e. The molecule has 1 aliphatic rings. The normalized spacial score (nSPS) is 27.5. The first kappa shape index (κ1) is 13.8. The summed E-state index contributed by atoms with van der Waals surface area (Å²) in [6.07, 6.45) is 5.27. The zero-order valence-corrected chi connectivity index (χ0v) is 14.7. The molecule has 0 aromatic heterocycles. The number of allylic oxidation sites excluding steroid dienone is 2. The van der Waals surface area contributed by atoms with Gasteiger partial charge in [0.2, 0.25) is 0 Å². The van der Waals surface area contributed by atoms with Crippen LogP contribution < -0.4 is 0 Å². The molecule has 1 heterocycles. The minimum atomic E-state index is -0.932. The summed E-state index contributed by atoms with van der Waals surface area (Å²) in [5.41, 5.74) is 0. The molecule has 0 aromatic carbocycles. The molecule has 0 radical (unpaired) electrons. The highest BCUT2D eigenvalue weighted by Gasteiger charge is 2.46. The summed E-state index contributed by atoms with van der Waals surface area (Å²) < 4.78 is 2.14. The number of hydrogen-bond acceptors (Lipinski definition) is 0. The Morgan fingerprint density at radius 1 is 0.867 bits per heavy atom. The predicted octanol–water partition coefficient (Wildman–Crippen LogP) is 4.57. The van der Waals surface area contributed by atoms with Crippen LogP contribution in [-0.2, 0) is 0 Å². The molecule has 86 valence electrons. The molecule has 2 atom stereocenters. The van der Waals surface area contributed by atoms with E-state index in [-0.39, 0.29) is 0 Å². The standard InChI is InChI=1S/C10H22Si2.C2H5.Al/c1-11(2,3)9-7-8-10-12(4,5)6;1-2;/h7-10H,1-6H3;1H2,2H3;. The van der Waals surface area contributed by atoms with Crippen LogP contribution in [0.15, 0.2) is 12.2 Å². The third kappa shape index (κ3) is 3.09. The van der Waals surface area contributed by atoms with E-state index >= 15 is 0 Å². The lowest BCUT2D eigenvalue weighted by Crippen LogP contribution is -2.43. The molecule has 0 spiro atoms. The van der Waals surface area contributed by atoms with Crippen molar-refractivity contribution in [3.05, 3.63) is 12.2 Å².